The molecular weight excluding hydrogens is 276 g/mol. The van der Waals surface area contributed by atoms with Crippen molar-refractivity contribution < 1.29 is 9.90 Å². The van der Waals surface area contributed by atoms with Gasteiger partial charge in [0.1, 0.15) is 0 Å². The van der Waals surface area contributed by atoms with E-state index in [1.54, 1.807) is 4.90 Å². The predicted octanol–water partition coefficient (Wildman–Crippen LogP) is 2.09. The Kier molecular flexibility index (Phi) is 5.59. The smallest absolute Gasteiger partial charge is 0.256 e. The lowest BCUT2D eigenvalue weighted by Gasteiger charge is -2.38. The van der Waals surface area contributed by atoms with Gasteiger partial charge in [-0.2, -0.15) is 0 Å². The highest BCUT2D eigenvalue weighted by atomic mass is 16.3. The van der Waals surface area contributed by atoms with Gasteiger partial charge in [0, 0.05) is 19.6 Å². The summed E-state index contributed by atoms with van der Waals surface area (Å²) in [6.07, 6.45) is 1.39. The van der Waals surface area contributed by atoms with Crippen molar-refractivity contribution in [3.63, 3.8) is 0 Å². The lowest BCUT2D eigenvalue weighted by Crippen LogP contribution is -2.57. The minimum atomic E-state index is -1.25. The molecule has 0 spiro atoms. The van der Waals surface area contributed by atoms with E-state index >= 15 is 0 Å². The monoisotopic (exact) mass is 304 g/mol. The number of hydrogen-bond donors (Lipinski definition) is 2. The van der Waals surface area contributed by atoms with Crippen molar-refractivity contribution in [2.75, 3.05) is 19.6 Å². The van der Waals surface area contributed by atoms with E-state index in [0.717, 1.165) is 25.1 Å². The number of nitrogens with zero attached hydrogens (tertiary/aromatic N) is 1. The first-order valence-electron chi connectivity index (χ1n) is 8.19. The van der Waals surface area contributed by atoms with E-state index in [0.29, 0.717) is 25.4 Å². The normalized spacial score (nSPS) is 22.4. The molecule has 4 heteroatoms. The Bertz CT molecular complexity index is 516. The third-order valence-electron chi connectivity index (χ3n) is 4.13. The van der Waals surface area contributed by atoms with Crippen molar-refractivity contribution in [2.45, 2.75) is 45.8 Å². The lowest BCUT2D eigenvalue weighted by atomic mass is 9.91. The van der Waals surface area contributed by atoms with Crippen LogP contribution in [0.5, 0.6) is 0 Å². The summed E-state index contributed by atoms with van der Waals surface area (Å²) < 4.78 is 0. The number of amides is 1. The van der Waals surface area contributed by atoms with Crippen molar-refractivity contribution in [1.29, 1.82) is 0 Å². The maximum absolute atomic E-state index is 12.6. The molecule has 0 radical (unpaired) electrons. The number of nitrogens with one attached hydrogen (secondary N) is 1. The van der Waals surface area contributed by atoms with Crippen molar-refractivity contribution in [3.8, 4) is 0 Å². The zero-order valence-corrected chi connectivity index (χ0v) is 13.9. The van der Waals surface area contributed by atoms with Crippen LogP contribution in [-0.4, -0.2) is 41.1 Å². The third-order valence-corrected chi connectivity index (χ3v) is 4.13. The Labute approximate surface area is 133 Å². The van der Waals surface area contributed by atoms with E-state index in [2.05, 4.69) is 25.2 Å². The molecule has 0 unspecified atom stereocenters. The quantitative estimate of drug-likeness (QED) is 0.846. The second kappa shape index (κ2) is 7.25. The molecule has 1 saturated heterocycles. The summed E-state index contributed by atoms with van der Waals surface area (Å²) in [6, 6.07) is 8.19. The fourth-order valence-electron chi connectivity index (χ4n) is 2.98. The first kappa shape index (κ1) is 17.0. The van der Waals surface area contributed by atoms with Gasteiger partial charge in [0.05, 0.1) is 0 Å². The molecule has 2 rings (SSSR count). The van der Waals surface area contributed by atoms with Gasteiger partial charge in [-0.15, -0.1) is 0 Å². The van der Waals surface area contributed by atoms with Crippen molar-refractivity contribution in [3.05, 3.63) is 35.4 Å². The number of benzene rings is 1. The lowest BCUT2D eigenvalue weighted by molar-refractivity contribution is -0.157. The van der Waals surface area contributed by atoms with Gasteiger partial charge in [-0.1, -0.05) is 43.7 Å². The first-order chi connectivity index (χ1) is 10.4. The molecule has 1 aliphatic rings. The molecule has 1 atom stereocenters. The van der Waals surface area contributed by atoms with Crippen LogP contribution in [-0.2, 0) is 11.3 Å². The van der Waals surface area contributed by atoms with E-state index in [-0.39, 0.29) is 5.91 Å². The van der Waals surface area contributed by atoms with E-state index in [1.165, 1.54) is 5.56 Å². The maximum Gasteiger partial charge on any atom is 0.256 e. The van der Waals surface area contributed by atoms with Crippen LogP contribution in [0.4, 0.5) is 0 Å². The molecule has 1 amide bonds. The van der Waals surface area contributed by atoms with E-state index < -0.39 is 5.60 Å². The van der Waals surface area contributed by atoms with Crippen LogP contribution in [0.2, 0.25) is 0 Å². The molecule has 122 valence electrons. The first-order valence-corrected chi connectivity index (χ1v) is 8.19. The van der Waals surface area contributed by atoms with Crippen LogP contribution in [0.3, 0.4) is 0 Å². The van der Waals surface area contributed by atoms with Crippen LogP contribution in [0.25, 0.3) is 0 Å². The number of carbonyl (C=O) groups is 1. The van der Waals surface area contributed by atoms with E-state index in [9.17, 15) is 9.90 Å². The van der Waals surface area contributed by atoms with Crippen molar-refractivity contribution in [2.24, 2.45) is 5.92 Å². The molecule has 0 bridgehead atoms. The Morgan fingerprint density at radius 1 is 1.41 bits per heavy atom. The topological polar surface area (TPSA) is 52.6 Å². The molecule has 1 aromatic carbocycles. The molecule has 1 heterocycles. The molecule has 1 aromatic rings. The SMILES string of the molecule is Cc1cccc(CN2CCC[C@@](O)(CNCC(C)C)C2=O)c1. The molecule has 22 heavy (non-hydrogen) atoms. The number of likely N-dealkylation sites (tertiary alicyclic amines) is 1. The number of carbonyl (C=O) groups excluding carboxylic acids is 1. The Hall–Kier alpha value is -1.39. The molecule has 0 saturated carbocycles. The fraction of sp³-hybridized carbons (Fsp3) is 0.611. The Morgan fingerprint density at radius 2 is 2.18 bits per heavy atom. The van der Waals surface area contributed by atoms with Crippen LogP contribution in [0.15, 0.2) is 24.3 Å². The molecule has 2 N–H and O–H groups in total. The molecule has 0 aromatic heterocycles. The number of aryl methyl sites for hydroxylation is 1. The highest BCUT2D eigenvalue weighted by Gasteiger charge is 2.41. The molecular formula is C18H28N2O2. The molecule has 0 aliphatic carbocycles. The standard InChI is InChI=1S/C18H28N2O2/c1-14(2)11-19-13-18(22)8-5-9-20(17(18)21)12-16-7-4-6-15(3)10-16/h4,6-7,10,14,19,22H,5,8-9,11-13H2,1-3H3/t18-/m1/s1. The number of rotatable bonds is 6. The predicted molar refractivity (Wildman–Crippen MR) is 88.5 cm³/mol. The highest BCUT2D eigenvalue weighted by Crippen LogP contribution is 2.24. The van der Waals surface area contributed by atoms with Gasteiger partial charge in [0.2, 0.25) is 0 Å². The van der Waals surface area contributed by atoms with Gasteiger partial charge in [0.15, 0.2) is 5.60 Å². The van der Waals surface area contributed by atoms with Crippen LogP contribution in [0.1, 0.15) is 37.8 Å². The van der Waals surface area contributed by atoms with Crippen LogP contribution < -0.4 is 5.32 Å². The van der Waals surface area contributed by atoms with E-state index in [1.807, 2.05) is 25.1 Å². The van der Waals surface area contributed by atoms with Crippen LogP contribution in [0, 0.1) is 12.8 Å². The summed E-state index contributed by atoms with van der Waals surface area (Å²) in [7, 11) is 0. The van der Waals surface area contributed by atoms with E-state index in [4.69, 9.17) is 0 Å². The zero-order valence-electron chi connectivity index (χ0n) is 13.9. The summed E-state index contributed by atoms with van der Waals surface area (Å²) in [5.74, 6) is 0.363. The minimum absolute atomic E-state index is 0.142. The van der Waals surface area contributed by atoms with Gasteiger partial charge in [0.25, 0.3) is 5.91 Å². The van der Waals surface area contributed by atoms with Crippen molar-refractivity contribution in [1.82, 2.24) is 10.2 Å². The summed E-state index contributed by atoms with van der Waals surface area (Å²) >= 11 is 0. The summed E-state index contributed by atoms with van der Waals surface area (Å²) in [4.78, 5) is 14.4. The average Bonchev–Trinajstić information content (AvgIpc) is 2.44. The highest BCUT2D eigenvalue weighted by molar-refractivity contribution is 5.86. The molecule has 1 fully saturated rings. The number of hydrogen-bond acceptors (Lipinski definition) is 3. The van der Waals surface area contributed by atoms with Gasteiger partial charge in [-0.25, -0.2) is 0 Å². The Morgan fingerprint density at radius 3 is 2.86 bits per heavy atom. The largest absolute Gasteiger partial charge is 0.379 e. The zero-order chi connectivity index (χ0) is 16.2. The summed E-state index contributed by atoms with van der Waals surface area (Å²) in [5, 5.41) is 13.9. The molecule has 1 aliphatic heterocycles. The van der Waals surface area contributed by atoms with Gasteiger partial charge < -0.3 is 15.3 Å². The second-order valence-electron chi connectivity index (χ2n) is 6.88. The van der Waals surface area contributed by atoms with Gasteiger partial charge >= 0.3 is 0 Å². The van der Waals surface area contributed by atoms with Crippen molar-refractivity contribution >= 4 is 5.91 Å². The van der Waals surface area contributed by atoms with Crippen LogP contribution >= 0.6 is 0 Å². The van der Waals surface area contributed by atoms with Gasteiger partial charge in [-0.05, 0) is 37.8 Å². The maximum atomic E-state index is 12.6. The second-order valence-corrected chi connectivity index (χ2v) is 6.88. The number of aliphatic hydroxyl groups is 1. The average molecular weight is 304 g/mol. The molecule has 4 nitrogen and oxygen atoms in total. The van der Waals surface area contributed by atoms with Gasteiger partial charge in [-0.3, -0.25) is 4.79 Å². The number of piperidine rings is 1. The summed E-state index contributed by atoms with van der Waals surface area (Å²) in [5.41, 5.74) is 1.06. The minimum Gasteiger partial charge on any atom is -0.379 e. The Balaban J connectivity index is 1.99. The fourth-order valence-corrected chi connectivity index (χ4v) is 2.98. The third kappa shape index (κ3) is 4.31. The summed E-state index contributed by atoms with van der Waals surface area (Å²) in [6.45, 7) is 8.73.